The van der Waals surface area contributed by atoms with Gasteiger partial charge in [-0.25, -0.2) is 5.43 Å². The number of rotatable bonds is 9. The summed E-state index contributed by atoms with van der Waals surface area (Å²) in [5, 5.41) is 7.49. The number of hydrogen-bond acceptors (Lipinski definition) is 5. The molecule has 7 nitrogen and oxygen atoms in total. The van der Waals surface area contributed by atoms with Gasteiger partial charge in [-0.1, -0.05) is 53.5 Å². The number of anilines is 1. The van der Waals surface area contributed by atoms with E-state index in [0.717, 1.165) is 5.56 Å². The second-order valence-electron chi connectivity index (χ2n) is 6.79. The molecule has 0 bridgehead atoms. The molecule has 0 spiro atoms. The molecule has 0 atom stereocenters. The third kappa shape index (κ3) is 7.24. The maximum Gasteiger partial charge on any atom is 0.249 e. The molecule has 3 rings (SSSR count). The van der Waals surface area contributed by atoms with Gasteiger partial charge < -0.3 is 14.8 Å². The number of methoxy groups -OCH3 is 1. The first-order valence-corrected chi connectivity index (χ1v) is 10.6. The summed E-state index contributed by atoms with van der Waals surface area (Å²) in [5.74, 6) is 0.0163. The average Bonchev–Trinajstić information content (AvgIpc) is 2.81. The Morgan fingerprint density at radius 2 is 1.67 bits per heavy atom. The highest BCUT2D eigenvalue weighted by Gasteiger charge is 2.11. The first kappa shape index (κ1) is 24.1. The summed E-state index contributed by atoms with van der Waals surface area (Å²) < 4.78 is 11.0. The summed E-state index contributed by atoms with van der Waals surface area (Å²) in [6.07, 6.45) is 1.05. The highest BCUT2D eigenvalue weighted by Crippen LogP contribution is 2.24. The van der Waals surface area contributed by atoms with Crippen molar-refractivity contribution in [1.82, 2.24) is 5.43 Å². The summed E-state index contributed by atoms with van der Waals surface area (Å²) in [6, 6.07) is 19.4. The number of benzene rings is 3. The van der Waals surface area contributed by atoms with Crippen LogP contribution >= 0.6 is 23.2 Å². The van der Waals surface area contributed by atoms with Crippen LogP contribution in [0.3, 0.4) is 0 Å². The number of carbonyl (C=O) groups excluding carboxylic acids is 2. The van der Waals surface area contributed by atoms with Crippen molar-refractivity contribution < 1.29 is 19.1 Å². The van der Waals surface area contributed by atoms with Crippen LogP contribution in [0.1, 0.15) is 17.5 Å². The number of amides is 2. The minimum atomic E-state index is -0.562. The molecule has 0 heterocycles. The lowest BCUT2D eigenvalue weighted by atomic mass is 10.2. The number of halogens is 2. The van der Waals surface area contributed by atoms with Gasteiger partial charge in [0.1, 0.15) is 24.5 Å². The van der Waals surface area contributed by atoms with Gasteiger partial charge in [0.2, 0.25) is 11.8 Å². The molecule has 0 aliphatic heterocycles. The molecule has 2 N–H and O–H groups in total. The van der Waals surface area contributed by atoms with E-state index in [2.05, 4.69) is 15.8 Å². The normalized spacial score (nSPS) is 10.6. The largest absolute Gasteiger partial charge is 0.495 e. The van der Waals surface area contributed by atoms with Gasteiger partial charge in [0, 0.05) is 5.56 Å². The van der Waals surface area contributed by atoms with Crippen LogP contribution in [-0.2, 0) is 16.2 Å². The molecule has 0 saturated carbocycles. The van der Waals surface area contributed by atoms with Gasteiger partial charge in [0.05, 0.1) is 29.1 Å². The SMILES string of the molecule is COc1ccccc1NC(=O)CC(=O)NN=Cc1ccccc1OCc1ccc(Cl)c(Cl)c1. The van der Waals surface area contributed by atoms with Crippen LogP contribution in [0.15, 0.2) is 71.8 Å². The Balaban J connectivity index is 1.53. The van der Waals surface area contributed by atoms with E-state index in [0.29, 0.717) is 32.8 Å². The van der Waals surface area contributed by atoms with Gasteiger partial charge in [0.15, 0.2) is 0 Å². The topological polar surface area (TPSA) is 89.0 Å². The lowest BCUT2D eigenvalue weighted by molar-refractivity contribution is -0.126. The summed E-state index contributed by atoms with van der Waals surface area (Å²) in [6.45, 7) is 0.275. The molecule has 2 amide bonds. The second kappa shape index (κ2) is 11.9. The van der Waals surface area contributed by atoms with Crippen LogP contribution in [0.25, 0.3) is 0 Å². The van der Waals surface area contributed by atoms with E-state index >= 15 is 0 Å². The number of hydrazone groups is 1. The zero-order chi connectivity index (χ0) is 23.6. The van der Waals surface area contributed by atoms with Crippen LogP contribution in [0.4, 0.5) is 5.69 Å². The minimum Gasteiger partial charge on any atom is -0.495 e. The number of nitrogens with one attached hydrogen (secondary N) is 2. The van der Waals surface area contributed by atoms with Crippen molar-refractivity contribution in [2.24, 2.45) is 5.10 Å². The van der Waals surface area contributed by atoms with Crippen molar-refractivity contribution in [3.05, 3.63) is 87.9 Å². The Hall–Kier alpha value is -3.55. The van der Waals surface area contributed by atoms with Gasteiger partial charge in [-0.3, -0.25) is 9.59 Å². The molecular formula is C24H21Cl2N3O4. The van der Waals surface area contributed by atoms with E-state index in [1.807, 2.05) is 18.2 Å². The highest BCUT2D eigenvalue weighted by molar-refractivity contribution is 6.42. The summed E-state index contributed by atoms with van der Waals surface area (Å²) in [7, 11) is 1.50. The monoisotopic (exact) mass is 485 g/mol. The van der Waals surface area contributed by atoms with Gasteiger partial charge in [0.25, 0.3) is 0 Å². The Kier molecular flexibility index (Phi) is 8.69. The zero-order valence-corrected chi connectivity index (χ0v) is 19.2. The van der Waals surface area contributed by atoms with Crippen molar-refractivity contribution in [1.29, 1.82) is 0 Å². The van der Waals surface area contributed by atoms with Gasteiger partial charge >= 0.3 is 0 Å². The van der Waals surface area contributed by atoms with Crippen LogP contribution in [0, 0.1) is 0 Å². The van der Waals surface area contributed by atoms with Gasteiger partial charge in [-0.05, 0) is 42.0 Å². The lowest BCUT2D eigenvalue weighted by Gasteiger charge is -2.10. The van der Waals surface area contributed by atoms with E-state index in [1.165, 1.54) is 13.3 Å². The molecule has 0 aliphatic rings. The van der Waals surface area contributed by atoms with E-state index in [1.54, 1.807) is 48.5 Å². The first-order chi connectivity index (χ1) is 16.0. The predicted octanol–water partition coefficient (Wildman–Crippen LogP) is 5.06. The Morgan fingerprint density at radius 3 is 2.42 bits per heavy atom. The fourth-order valence-corrected chi connectivity index (χ4v) is 3.13. The van der Waals surface area contributed by atoms with E-state index in [-0.39, 0.29) is 6.61 Å². The smallest absolute Gasteiger partial charge is 0.249 e. The summed E-state index contributed by atoms with van der Waals surface area (Å²) in [4.78, 5) is 24.2. The van der Waals surface area contributed by atoms with Crippen LogP contribution in [-0.4, -0.2) is 25.1 Å². The van der Waals surface area contributed by atoms with Gasteiger partial charge in [-0.2, -0.15) is 5.10 Å². The molecular weight excluding hydrogens is 465 g/mol. The van der Waals surface area contributed by atoms with Gasteiger partial charge in [-0.15, -0.1) is 0 Å². The third-order valence-electron chi connectivity index (χ3n) is 4.39. The van der Waals surface area contributed by atoms with Crippen molar-refractivity contribution in [2.75, 3.05) is 12.4 Å². The number of ether oxygens (including phenoxy) is 2. The van der Waals surface area contributed by atoms with E-state index in [9.17, 15) is 9.59 Å². The number of nitrogens with zero attached hydrogens (tertiary/aromatic N) is 1. The molecule has 0 aliphatic carbocycles. The lowest BCUT2D eigenvalue weighted by Crippen LogP contribution is -2.24. The van der Waals surface area contributed by atoms with Crippen molar-refractivity contribution in [3.63, 3.8) is 0 Å². The number of hydrogen-bond donors (Lipinski definition) is 2. The van der Waals surface area contributed by atoms with Crippen molar-refractivity contribution >= 4 is 46.9 Å². The molecule has 0 saturated heterocycles. The van der Waals surface area contributed by atoms with Crippen LogP contribution in [0.2, 0.25) is 10.0 Å². The van der Waals surface area contributed by atoms with Crippen LogP contribution < -0.4 is 20.2 Å². The van der Waals surface area contributed by atoms with E-state index < -0.39 is 18.2 Å². The standard InChI is InChI=1S/C24H21Cl2N3O4/c1-32-22-9-5-3-7-20(22)28-23(30)13-24(31)29-27-14-17-6-2-4-8-21(17)33-15-16-10-11-18(25)19(26)12-16/h2-12,14H,13,15H2,1H3,(H,28,30)(H,29,31). The predicted molar refractivity (Wildman–Crippen MR) is 129 cm³/mol. The quantitative estimate of drug-likeness (QED) is 0.251. The maximum absolute atomic E-state index is 12.1. The number of carbonyl (C=O) groups is 2. The fourth-order valence-electron chi connectivity index (χ4n) is 2.81. The molecule has 9 heteroatoms. The molecule has 33 heavy (non-hydrogen) atoms. The molecule has 3 aromatic rings. The molecule has 0 fully saturated rings. The molecule has 170 valence electrons. The molecule has 0 aromatic heterocycles. The molecule has 3 aromatic carbocycles. The highest BCUT2D eigenvalue weighted by atomic mass is 35.5. The zero-order valence-electron chi connectivity index (χ0n) is 17.7. The molecule has 0 radical (unpaired) electrons. The second-order valence-corrected chi connectivity index (χ2v) is 7.61. The maximum atomic E-state index is 12.1. The summed E-state index contributed by atoms with van der Waals surface area (Å²) in [5.41, 5.74) is 4.32. The Morgan fingerprint density at radius 1 is 0.939 bits per heavy atom. The Labute approximate surface area is 201 Å². The fraction of sp³-hybridized carbons (Fsp3) is 0.125. The Bertz CT molecular complexity index is 1170. The molecule has 0 unspecified atom stereocenters. The summed E-state index contributed by atoms with van der Waals surface area (Å²) >= 11 is 12.0. The number of para-hydroxylation sites is 3. The van der Waals surface area contributed by atoms with Crippen molar-refractivity contribution in [2.45, 2.75) is 13.0 Å². The minimum absolute atomic E-state index is 0.275. The average molecular weight is 486 g/mol. The van der Waals surface area contributed by atoms with Crippen molar-refractivity contribution in [3.8, 4) is 11.5 Å². The van der Waals surface area contributed by atoms with Crippen LogP contribution in [0.5, 0.6) is 11.5 Å². The first-order valence-electron chi connectivity index (χ1n) is 9.87. The van der Waals surface area contributed by atoms with E-state index in [4.69, 9.17) is 32.7 Å². The third-order valence-corrected chi connectivity index (χ3v) is 5.13.